The zero-order chi connectivity index (χ0) is 17.9. The Bertz CT molecular complexity index is 1030. The fourth-order valence-electron chi connectivity index (χ4n) is 2.96. The van der Waals surface area contributed by atoms with Gasteiger partial charge in [0, 0.05) is 37.6 Å². The molecular formula is C20H18N4O2. The van der Waals surface area contributed by atoms with E-state index in [4.69, 9.17) is 4.42 Å². The molecule has 26 heavy (non-hydrogen) atoms. The van der Waals surface area contributed by atoms with E-state index in [1.165, 1.54) is 0 Å². The van der Waals surface area contributed by atoms with Crippen LogP contribution in [0.2, 0.25) is 0 Å². The van der Waals surface area contributed by atoms with Gasteiger partial charge in [0.1, 0.15) is 5.76 Å². The first-order chi connectivity index (χ1) is 12.7. The number of amides is 1. The number of furan rings is 1. The van der Waals surface area contributed by atoms with Crippen molar-refractivity contribution in [1.82, 2.24) is 19.4 Å². The third-order valence-corrected chi connectivity index (χ3v) is 4.26. The van der Waals surface area contributed by atoms with E-state index in [2.05, 4.69) is 9.97 Å². The Kier molecular flexibility index (Phi) is 4.23. The molecule has 0 unspecified atom stereocenters. The standard InChI is InChI=1S/C20H18N4O2/c1-23(12-15-4-2-6-18-17(15)5-3-9-22-18)20(25)19-8-7-16(26-19)13-24-11-10-21-14-24/h2-11,14H,12-13H2,1H3. The van der Waals surface area contributed by atoms with Crippen molar-refractivity contribution >= 4 is 16.8 Å². The topological polar surface area (TPSA) is 64.2 Å². The summed E-state index contributed by atoms with van der Waals surface area (Å²) in [6.45, 7) is 1.03. The number of benzene rings is 1. The molecule has 0 saturated carbocycles. The lowest BCUT2D eigenvalue weighted by Gasteiger charge is -2.17. The van der Waals surface area contributed by atoms with E-state index >= 15 is 0 Å². The summed E-state index contributed by atoms with van der Waals surface area (Å²) in [5, 5.41) is 1.05. The minimum absolute atomic E-state index is 0.150. The number of aromatic nitrogens is 3. The van der Waals surface area contributed by atoms with Gasteiger partial charge in [-0.15, -0.1) is 0 Å². The Morgan fingerprint density at radius 3 is 2.92 bits per heavy atom. The maximum absolute atomic E-state index is 12.7. The second kappa shape index (κ2) is 6.84. The molecule has 130 valence electrons. The minimum atomic E-state index is -0.150. The largest absolute Gasteiger partial charge is 0.454 e. The smallest absolute Gasteiger partial charge is 0.289 e. The highest BCUT2D eigenvalue weighted by atomic mass is 16.4. The molecule has 0 bridgehead atoms. The maximum Gasteiger partial charge on any atom is 0.289 e. The molecule has 3 aromatic heterocycles. The number of imidazole rings is 1. The van der Waals surface area contributed by atoms with E-state index in [9.17, 15) is 4.79 Å². The van der Waals surface area contributed by atoms with Crippen LogP contribution in [-0.2, 0) is 13.1 Å². The number of fused-ring (bicyclic) bond motifs is 1. The first kappa shape index (κ1) is 16.1. The number of pyridine rings is 1. The van der Waals surface area contributed by atoms with Crippen molar-refractivity contribution in [2.24, 2.45) is 0 Å². The van der Waals surface area contributed by atoms with E-state index < -0.39 is 0 Å². The van der Waals surface area contributed by atoms with E-state index in [1.807, 2.05) is 47.2 Å². The van der Waals surface area contributed by atoms with Crippen molar-refractivity contribution < 1.29 is 9.21 Å². The van der Waals surface area contributed by atoms with Crippen LogP contribution in [0, 0.1) is 0 Å². The lowest BCUT2D eigenvalue weighted by atomic mass is 10.1. The van der Waals surface area contributed by atoms with Gasteiger partial charge in [0.2, 0.25) is 0 Å². The highest BCUT2D eigenvalue weighted by molar-refractivity contribution is 5.91. The van der Waals surface area contributed by atoms with Gasteiger partial charge in [-0.3, -0.25) is 9.78 Å². The molecule has 6 heteroatoms. The van der Waals surface area contributed by atoms with E-state index in [0.717, 1.165) is 16.5 Å². The zero-order valence-corrected chi connectivity index (χ0v) is 14.4. The Morgan fingerprint density at radius 1 is 1.15 bits per heavy atom. The Morgan fingerprint density at radius 2 is 2.08 bits per heavy atom. The molecule has 6 nitrogen and oxygen atoms in total. The number of nitrogens with zero attached hydrogens (tertiary/aromatic N) is 4. The number of carbonyl (C=O) groups excluding carboxylic acids is 1. The molecule has 1 aromatic carbocycles. The molecular weight excluding hydrogens is 328 g/mol. The van der Waals surface area contributed by atoms with Crippen LogP contribution in [0.4, 0.5) is 0 Å². The highest BCUT2D eigenvalue weighted by Crippen LogP contribution is 2.19. The van der Waals surface area contributed by atoms with Crippen LogP contribution < -0.4 is 0 Å². The SMILES string of the molecule is CN(Cc1cccc2ncccc12)C(=O)c1ccc(Cn2ccnc2)o1. The molecule has 1 amide bonds. The van der Waals surface area contributed by atoms with Crippen LogP contribution in [0.25, 0.3) is 10.9 Å². The van der Waals surface area contributed by atoms with Crippen LogP contribution in [0.3, 0.4) is 0 Å². The van der Waals surface area contributed by atoms with Gasteiger partial charge < -0.3 is 13.9 Å². The number of hydrogen-bond acceptors (Lipinski definition) is 4. The summed E-state index contributed by atoms with van der Waals surface area (Å²) in [4.78, 5) is 22.7. The van der Waals surface area contributed by atoms with Gasteiger partial charge in [-0.25, -0.2) is 4.98 Å². The monoisotopic (exact) mass is 346 g/mol. The van der Waals surface area contributed by atoms with Crippen molar-refractivity contribution in [1.29, 1.82) is 0 Å². The van der Waals surface area contributed by atoms with Crippen molar-refractivity contribution in [2.45, 2.75) is 13.1 Å². The van der Waals surface area contributed by atoms with Gasteiger partial charge in [0.25, 0.3) is 5.91 Å². The second-order valence-corrected chi connectivity index (χ2v) is 6.15. The third kappa shape index (κ3) is 3.21. The molecule has 3 heterocycles. The average Bonchev–Trinajstić information content (AvgIpc) is 3.34. The lowest BCUT2D eigenvalue weighted by Crippen LogP contribution is -2.25. The van der Waals surface area contributed by atoms with Crippen LogP contribution in [0.5, 0.6) is 0 Å². The Hall–Kier alpha value is -3.41. The second-order valence-electron chi connectivity index (χ2n) is 6.15. The fraction of sp³-hybridized carbons (Fsp3) is 0.150. The van der Waals surface area contributed by atoms with Crippen LogP contribution in [-0.4, -0.2) is 32.4 Å². The number of rotatable bonds is 5. The molecule has 0 fully saturated rings. The Labute approximate surface area is 150 Å². The molecule has 4 rings (SSSR count). The summed E-state index contributed by atoms with van der Waals surface area (Å²) in [6.07, 6.45) is 7.04. The molecule has 0 aliphatic heterocycles. The summed E-state index contributed by atoms with van der Waals surface area (Å²) < 4.78 is 7.60. The summed E-state index contributed by atoms with van der Waals surface area (Å²) in [6, 6.07) is 13.4. The van der Waals surface area contributed by atoms with Gasteiger partial charge >= 0.3 is 0 Å². The van der Waals surface area contributed by atoms with Crippen LogP contribution in [0.1, 0.15) is 21.9 Å². The molecule has 0 saturated heterocycles. The first-order valence-electron chi connectivity index (χ1n) is 8.33. The third-order valence-electron chi connectivity index (χ3n) is 4.26. The van der Waals surface area contributed by atoms with Crippen LogP contribution in [0.15, 0.2) is 71.8 Å². The minimum Gasteiger partial charge on any atom is -0.454 e. The normalized spacial score (nSPS) is 11.0. The molecule has 0 aliphatic carbocycles. The molecule has 0 radical (unpaired) electrons. The van der Waals surface area contributed by atoms with Gasteiger partial charge in [-0.2, -0.15) is 0 Å². The summed E-state index contributed by atoms with van der Waals surface area (Å²) in [7, 11) is 1.77. The molecule has 4 aromatic rings. The first-order valence-corrected chi connectivity index (χ1v) is 8.33. The number of carbonyl (C=O) groups is 1. The highest BCUT2D eigenvalue weighted by Gasteiger charge is 2.17. The molecule has 0 aliphatic rings. The van der Waals surface area contributed by atoms with E-state index in [-0.39, 0.29) is 5.91 Å². The predicted molar refractivity (Wildman–Crippen MR) is 97.6 cm³/mol. The average molecular weight is 346 g/mol. The van der Waals surface area contributed by atoms with Crippen molar-refractivity contribution in [2.75, 3.05) is 7.05 Å². The van der Waals surface area contributed by atoms with Gasteiger partial charge in [-0.1, -0.05) is 18.2 Å². The van der Waals surface area contributed by atoms with Crippen molar-refractivity contribution in [3.63, 3.8) is 0 Å². The summed E-state index contributed by atoms with van der Waals surface area (Å²) in [5.41, 5.74) is 1.98. The fourth-order valence-corrected chi connectivity index (χ4v) is 2.96. The number of hydrogen-bond donors (Lipinski definition) is 0. The van der Waals surface area contributed by atoms with E-state index in [0.29, 0.717) is 24.6 Å². The predicted octanol–water partition coefficient (Wildman–Crippen LogP) is 3.34. The Balaban J connectivity index is 1.50. The van der Waals surface area contributed by atoms with Crippen molar-refractivity contribution in [3.05, 3.63) is 84.5 Å². The van der Waals surface area contributed by atoms with Crippen LogP contribution >= 0.6 is 0 Å². The molecule has 0 atom stereocenters. The van der Waals surface area contributed by atoms with Gasteiger partial charge in [0.15, 0.2) is 5.76 Å². The van der Waals surface area contributed by atoms with Gasteiger partial charge in [0.05, 0.1) is 18.4 Å². The van der Waals surface area contributed by atoms with Crippen molar-refractivity contribution in [3.8, 4) is 0 Å². The lowest BCUT2D eigenvalue weighted by molar-refractivity contribution is 0.0752. The quantitative estimate of drug-likeness (QED) is 0.556. The zero-order valence-electron chi connectivity index (χ0n) is 14.4. The van der Waals surface area contributed by atoms with Gasteiger partial charge in [-0.05, 0) is 29.8 Å². The summed E-state index contributed by atoms with van der Waals surface area (Å²) >= 11 is 0. The molecule has 0 spiro atoms. The summed E-state index contributed by atoms with van der Waals surface area (Å²) in [5.74, 6) is 0.901. The molecule has 0 N–H and O–H groups in total. The van der Waals surface area contributed by atoms with E-state index in [1.54, 1.807) is 36.7 Å². The maximum atomic E-state index is 12.7.